The molecule has 2 aliphatic rings. The fourth-order valence-electron chi connectivity index (χ4n) is 3.59. The van der Waals surface area contributed by atoms with Crippen molar-refractivity contribution in [3.8, 4) is 0 Å². The monoisotopic (exact) mass is 335 g/mol. The van der Waals surface area contributed by atoms with E-state index in [9.17, 15) is 14.0 Å². The molecule has 1 aromatic rings. The normalized spacial score (nSPS) is 22.8. The molecule has 1 N–H and O–H groups in total. The molecule has 2 saturated heterocycles. The van der Waals surface area contributed by atoms with Crippen LogP contribution in [0.3, 0.4) is 0 Å². The lowest BCUT2D eigenvalue weighted by Crippen LogP contribution is -2.44. The van der Waals surface area contributed by atoms with E-state index >= 15 is 0 Å². The molecule has 0 radical (unpaired) electrons. The molecule has 2 heterocycles. The van der Waals surface area contributed by atoms with Crippen LogP contribution in [-0.2, 0) is 16.1 Å². The van der Waals surface area contributed by atoms with E-state index in [-0.39, 0.29) is 36.4 Å². The molecule has 0 bridgehead atoms. The summed E-state index contributed by atoms with van der Waals surface area (Å²) in [6.07, 6.45) is 1.15. The summed E-state index contributed by atoms with van der Waals surface area (Å²) in [5, 5.41) is 2.82. The number of hydrogen-bond donors (Lipinski definition) is 1. The zero-order valence-electron chi connectivity index (χ0n) is 13.7. The minimum atomic E-state index is -0.321. The molecule has 3 rings (SSSR count). The maximum Gasteiger partial charge on any atom is 0.318 e. The van der Waals surface area contributed by atoms with E-state index in [1.165, 1.54) is 12.1 Å². The summed E-state index contributed by atoms with van der Waals surface area (Å²) in [5.41, 5.74) is 0.711. The van der Waals surface area contributed by atoms with Crippen LogP contribution in [0.25, 0.3) is 0 Å². The van der Waals surface area contributed by atoms with Crippen molar-refractivity contribution >= 4 is 11.9 Å². The van der Waals surface area contributed by atoms with Gasteiger partial charge in [-0.05, 0) is 24.1 Å². The molecule has 3 amide bonds. The third-order valence-corrected chi connectivity index (χ3v) is 4.74. The van der Waals surface area contributed by atoms with Crippen molar-refractivity contribution in [2.75, 3.05) is 26.8 Å². The Balaban J connectivity index is 1.58. The van der Waals surface area contributed by atoms with Gasteiger partial charge < -0.3 is 19.9 Å². The van der Waals surface area contributed by atoms with Gasteiger partial charge >= 0.3 is 6.03 Å². The molecule has 6 nitrogen and oxygen atoms in total. The summed E-state index contributed by atoms with van der Waals surface area (Å²) in [6.45, 7) is 1.96. The van der Waals surface area contributed by atoms with E-state index in [0.29, 0.717) is 31.7 Å². The lowest BCUT2D eigenvalue weighted by Gasteiger charge is -2.25. The third-order valence-electron chi connectivity index (χ3n) is 4.74. The molecular weight excluding hydrogens is 313 g/mol. The molecule has 2 atom stereocenters. The number of fused-ring (bicyclic) bond motifs is 1. The standard InChI is InChI=1S/C17H22FN3O3/c1-24-8-7-20-14-5-6-21(15(14)10-16(20)22)17(23)19-11-12-3-2-4-13(18)9-12/h2-4,9,14-15H,5-8,10-11H2,1H3,(H,19,23). The minimum absolute atomic E-state index is 0.0738. The van der Waals surface area contributed by atoms with Gasteiger partial charge in [0.15, 0.2) is 0 Å². The molecule has 130 valence electrons. The quantitative estimate of drug-likeness (QED) is 0.884. The third kappa shape index (κ3) is 3.36. The summed E-state index contributed by atoms with van der Waals surface area (Å²) < 4.78 is 18.2. The molecule has 24 heavy (non-hydrogen) atoms. The minimum Gasteiger partial charge on any atom is -0.383 e. The summed E-state index contributed by atoms with van der Waals surface area (Å²) in [6, 6.07) is 5.95. The predicted molar refractivity (Wildman–Crippen MR) is 85.7 cm³/mol. The van der Waals surface area contributed by atoms with Crippen molar-refractivity contribution in [3.05, 3.63) is 35.6 Å². The number of amides is 3. The molecule has 7 heteroatoms. The first-order valence-corrected chi connectivity index (χ1v) is 8.17. The topological polar surface area (TPSA) is 61.9 Å². The number of ether oxygens (including phenoxy) is 1. The number of nitrogens with one attached hydrogen (secondary N) is 1. The Morgan fingerprint density at radius 3 is 3.00 bits per heavy atom. The van der Waals surface area contributed by atoms with Gasteiger partial charge in [0.2, 0.25) is 5.91 Å². The number of carbonyl (C=O) groups is 2. The molecule has 2 unspecified atom stereocenters. The zero-order valence-corrected chi connectivity index (χ0v) is 13.7. The number of benzene rings is 1. The summed E-state index contributed by atoms with van der Waals surface area (Å²) in [4.78, 5) is 28.1. The van der Waals surface area contributed by atoms with Gasteiger partial charge in [-0.15, -0.1) is 0 Å². The van der Waals surface area contributed by atoms with Gasteiger partial charge in [0, 0.05) is 33.2 Å². The van der Waals surface area contributed by atoms with Gasteiger partial charge in [-0.3, -0.25) is 4.79 Å². The Bertz CT molecular complexity index is 625. The largest absolute Gasteiger partial charge is 0.383 e. The summed E-state index contributed by atoms with van der Waals surface area (Å²) in [7, 11) is 1.61. The number of methoxy groups -OCH3 is 1. The Hall–Kier alpha value is -2.15. The van der Waals surface area contributed by atoms with Gasteiger partial charge in [0.1, 0.15) is 5.82 Å². The van der Waals surface area contributed by atoms with E-state index < -0.39 is 0 Å². The van der Waals surface area contributed by atoms with Crippen molar-refractivity contribution in [2.45, 2.75) is 31.5 Å². The molecule has 0 aliphatic carbocycles. The second-order valence-corrected chi connectivity index (χ2v) is 6.19. The first-order chi connectivity index (χ1) is 11.6. The van der Waals surface area contributed by atoms with Crippen LogP contribution < -0.4 is 5.32 Å². The summed E-state index contributed by atoms with van der Waals surface area (Å²) in [5.74, 6) is -0.247. The molecule has 1 aromatic carbocycles. The highest BCUT2D eigenvalue weighted by Crippen LogP contribution is 2.32. The molecule has 2 fully saturated rings. The highest BCUT2D eigenvalue weighted by molar-refractivity contribution is 5.83. The Kier molecular flexibility index (Phi) is 4.99. The van der Waals surface area contributed by atoms with Crippen LogP contribution in [-0.4, -0.2) is 60.6 Å². The van der Waals surface area contributed by atoms with Gasteiger partial charge in [-0.1, -0.05) is 12.1 Å². The molecular formula is C17H22FN3O3. The van der Waals surface area contributed by atoms with Crippen LogP contribution in [0.5, 0.6) is 0 Å². The number of halogens is 1. The number of carbonyl (C=O) groups excluding carboxylic acids is 2. The van der Waals surface area contributed by atoms with Crippen molar-refractivity contribution in [1.82, 2.24) is 15.1 Å². The van der Waals surface area contributed by atoms with Crippen molar-refractivity contribution in [2.24, 2.45) is 0 Å². The average Bonchev–Trinajstić information content (AvgIpc) is 3.09. The van der Waals surface area contributed by atoms with Crippen LogP contribution >= 0.6 is 0 Å². The van der Waals surface area contributed by atoms with Gasteiger partial charge in [-0.25, -0.2) is 9.18 Å². The lowest BCUT2D eigenvalue weighted by molar-refractivity contribution is -0.129. The molecule has 0 aromatic heterocycles. The average molecular weight is 335 g/mol. The Morgan fingerprint density at radius 1 is 1.42 bits per heavy atom. The first kappa shape index (κ1) is 16.7. The predicted octanol–water partition coefficient (Wildman–Crippen LogP) is 1.36. The molecule has 2 aliphatic heterocycles. The van der Waals surface area contributed by atoms with E-state index in [2.05, 4.69) is 5.32 Å². The van der Waals surface area contributed by atoms with Gasteiger partial charge in [0.05, 0.1) is 18.7 Å². The van der Waals surface area contributed by atoms with Crippen molar-refractivity contribution in [1.29, 1.82) is 0 Å². The second kappa shape index (κ2) is 7.17. The van der Waals surface area contributed by atoms with Crippen LogP contribution in [0.15, 0.2) is 24.3 Å². The highest BCUT2D eigenvalue weighted by Gasteiger charge is 2.47. The SMILES string of the molecule is COCCN1C(=O)CC2C1CCN2C(=O)NCc1cccc(F)c1. The van der Waals surface area contributed by atoms with E-state index in [4.69, 9.17) is 4.74 Å². The van der Waals surface area contributed by atoms with E-state index in [1.807, 2.05) is 4.90 Å². The smallest absolute Gasteiger partial charge is 0.318 e. The van der Waals surface area contributed by atoms with Crippen LogP contribution in [0.1, 0.15) is 18.4 Å². The zero-order chi connectivity index (χ0) is 17.1. The number of urea groups is 1. The maximum atomic E-state index is 13.2. The fraction of sp³-hybridized carbons (Fsp3) is 0.529. The second-order valence-electron chi connectivity index (χ2n) is 6.19. The molecule has 0 spiro atoms. The summed E-state index contributed by atoms with van der Waals surface area (Å²) >= 11 is 0. The first-order valence-electron chi connectivity index (χ1n) is 8.17. The van der Waals surface area contributed by atoms with Crippen LogP contribution in [0.2, 0.25) is 0 Å². The van der Waals surface area contributed by atoms with Crippen molar-refractivity contribution in [3.63, 3.8) is 0 Å². The van der Waals surface area contributed by atoms with E-state index in [0.717, 1.165) is 6.42 Å². The fourth-order valence-corrected chi connectivity index (χ4v) is 3.59. The van der Waals surface area contributed by atoms with Crippen LogP contribution in [0.4, 0.5) is 9.18 Å². The number of hydrogen-bond acceptors (Lipinski definition) is 3. The Labute approximate surface area is 140 Å². The van der Waals surface area contributed by atoms with Gasteiger partial charge in [0.25, 0.3) is 0 Å². The van der Waals surface area contributed by atoms with Crippen molar-refractivity contribution < 1.29 is 18.7 Å². The van der Waals surface area contributed by atoms with E-state index in [1.54, 1.807) is 24.1 Å². The highest BCUT2D eigenvalue weighted by atomic mass is 19.1. The molecule has 0 saturated carbocycles. The number of rotatable bonds is 5. The Morgan fingerprint density at radius 2 is 2.25 bits per heavy atom. The van der Waals surface area contributed by atoms with Gasteiger partial charge in [-0.2, -0.15) is 0 Å². The number of nitrogens with zero attached hydrogens (tertiary/aromatic N) is 2. The number of likely N-dealkylation sites (tertiary alicyclic amines) is 2. The van der Waals surface area contributed by atoms with Crippen LogP contribution in [0, 0.1) is 5.82 Å². The maximum absolute atomic E-state index is 13.2. The lowest BCUT2D eigenvalue weighted by atomic mass is 10.1.